The number of hydrogen-bond donors (Lipinski definition) is 0. The van der Waals surface area contributed by atoms with Gasteiger partial charge in [-0.05, 0) is 37.3 Å². The van der Waals surface area contributed by atoms with Crippen LogP contribution in [0, 0.1) is 0 Å². The fourth-order valence-electron chi connectivity index (χ4n) is 4.69. The zero-order valence-electron chi connectivity index (χ0n) is 14.6. The van der Waals surface area contributed by atoms with Crippen molar-refractivity contribution in [2.24, 2.45) is 0 Å². The molecule has 0 N–H and O–H groups in total. The summed E-state index contributed by atoms with van der Waals surface area (Å²) >= 11 is 0. The molecule has 1 aliphatic heterocycles. The standard InChI is InChI=1S/C22H30P/c1-3-5-18-23(4-2)21(19-12-8-6-9-13-19)16-17-22(23)20-14-10-7-11-15-20/h6-15,21-22H,3-5,16-18H2,1-2H3/q+1/t21-,22-/m0/s1. The summed E-state index contributed by atoms with van der Waals surface area (Å²) < 4.78 is 0. The molecule has 1 heterocycles. The molecule has 1 saturated heterocycles. The van der Waals surface area contributed by atoms with Crippen molar-refractivity contribution in [2.75, 3.05) is 12.3 Å². The predicted octanol–water partition coefficient (Wildman–Crippen LogP) is 7.10. The van der Waals surface area contributed by atoms with Gasteiger partial charge in [0.1, 0.15) is 0 Å². The number of unbranched alkanes of at least 4 members (excludes halogenated alkanes) is 1. The highest BCUT2D eigenvalue weighted by Gasteiger charge is 2.55. The zero-order valence-corrected chi connectivity index (χ0v) is 15.5. The molecule has 1 heteroatoms. The molecule has 2 atom stereocenters. The average molecular weight is 325 g/mol. The van der Waals surface area contributed by atoms with Gasteiger partial charge in [-0.3, -0.25) is 0 Å². The number of benzene rings is 2. The lowest BCUT2D eigenvalue weighted by atomic mass is 10.0. The smallest absolute Gasteiger partial charge is 0.0652 e. The van der Waals surface area contributed by atoms with Gasteiger partial charge in [-0.15, -0.1) is 0 Å². The van der Waals surface area contributed by atoms with Crippen LogP contribution in [0.3, 0.4) is 0 Å². The Labute approximate surface area is 142 Å². The van der Waals surface area contributed by atoms with Gasteiger partial charge < -0.3 is 0 Å². The number of rotatable bonds is 6. The first-order chi connectivity index (χ1) is 11.3. The van der Waals surface area contributed by atoms with Crippen LogP contribution in [0.4, 0.5) is 0 Å². The molecule has 3 rings (SSSR count). The molecule has 1 fully saturated rings. The minimum atomic E-state index is -1.01. The third-order valence-corrected chi connectivity index (χ3v) is 11.8. The van der Waals surface area contributed by atoms with E-state index in [4.69, 9.17) is 0 Å². The summed E-state index contributed by atoms with van der Waals surface area (Å²) in [5, 5.41) is 0. The molecule has 0 radical (unpaired) electrons. The minimum Gasteiger partial charge on any atom is -0.0652 e. The van der Waals surface area contributed by atoms with Crippen molar-refractivity contribution >= 4 is 7.26 Å². The summed E-state index contributed by atoms with van der Waals surface area (Å²) in [5.74, 6) is 0. The normalized spacial score (nSPS) is 23.0. The van der Waals surface area contributed by atoms with Crippen molar-refractivity contribution in [3.63, 3.8) is 0 Å². The Hall–Kier alpha value is -1.13. The average Bonchev–Trinajstić information content (AvgIpc) is 3.01. The van der Waals surface area contributed by atoms with E-state index in [0.29, 0.717) is 0 Å². The van der Waals surface area contributed by atoms with Crippen molar-refractivity contribution in [3.05, 3.63) is 71.8 Å². The van der Waals surface area contributed by atoms with Crippen molar-refractivity contribution in [2.45, 2.75) is 50.8 Å². The van der Waals surface area contributed by atoms with Crippen LogP contribution < -0.4 is 0 Å². The number of hydrogen-bond acceptors (Lipinski definition) is 0. The molecule has 0 unspecified atom stereocenters. The topological polar surface area (TPSA) is 0 Å². The van der Waals surface area contributed by atoms with Gasteiger partial charge in [0.05, 0.1) is 23.6 Å². The van der Waals surface area contributed by atoms with E-state index < -0.39 is 7.26 Å². The second-order valence-electron chi connectivity index (χ2n) is 6.93. The van der Waals surface area contributed by atoms with E-state index in [2.05, 4.69) is 74.5 Å². The van der Waals surface area contributed by atoms with Crippen molar-refractivity contribution in [3.8, 4) is 0 Å². The highest BCUT2D eigenvalue weighted by atomic mass is 31.2. The second-order valence-corrected chi connectivity index (χ2v) is 11.5. The predicted molar refractivity (Wildman–Crippen MR) is 105 cm³/mol. The Balaban J connectivity index is 2.00. The maximum absolute atomic E-state index is 2.47. The van der Waals surface area contributed by atoms with Crippen LogP contribution in [-0.4, -0.2) is 12.3 Å². The quantitative estimate of drug-likeness (QED) is 0.497. The fourth-order valence-corrected chi connectivity index (χ4v) is 10.7. The van der Waals surface area contributed by atoms with Gasteiger partial charge in [0.25, 0.3) is 0 Å². The van der Waals surface area contributed by atoms with Crippen LogP contribution in [0.1, 0.15) is 62.0 Å². The largest absolute Gasteiger partial charge is 0.0952 e. The van der Waals surface area contributed by atoms with Crippen LogP contribution in [0.15, 0.2) is 60.7 Å². The molecule has 122 valence electrons. The molecule has 0 aliphatic carbocycles. The highest BCUT2D eigenvalue weighted by Crippen LogP contribution is 2.84. The molecule has 0 nitrogen and oxygen atoms in total. The summed E-state index contributed by atoms with van der Waals surface area (Å²) in [7, 11) is -1.01. The van der Waals surface area contributed by atoms with Crippen molar-refractivity contribution in [1.82, 2.24) is 0 Å². The van der Waals surface area contributed by atoms with E-state index in [0.717, 1.165) is 11.3 Å². The van der Waals surface area contributed by atoms with Gasteiger partial charge in [-0.25, -0.2) is 0 Å². The van der Waals surface area contributed by atoms with E-state index in [1.54, 1.807) is 11.1 Å². The van der Waals surface area contributed by atoms with Gasteiger partial charge in [0.15, 0.2) is 0 Å². The molecule has 2 aromatic rings. The van der Waals surface area contributed by atoms with Gasteiger partial charge in [-0.1, -0.05) is 74.0 Å². The van der Waals surface area contributed by atoms with Gasteiger partial charge >= 0.3 is 0 Å². The molecule has 1 aliphatic rings. The van der Waals surface area contributed by atoms with Crippen LogP contribution in [0.2, 0.25) is 0 Å². The zero-order chi connectivity index (χ0) is 16.1. The summed E-state index contributed by atoms with van der Waals surface area (Å²) in [6.07, 6.45) is 8.36. The molecule has 0 bridgehead atoms. The Kier molecular flexibility index (Phi) is 5.54. The molecule has 2 aromatic carbocycles. The van der Waals surface area contributed by atoms with Crippen LogP contribution in [0.25, 0.3) is 0 Å². The Morgan fingerprint density at radius 2 is 1.26 bits per heavy atom. The van der Waals surface area contributed by atoms with Gasteiger partial charge in [0.2, 0.25) is 0 Å². The highest BCUT2D eigenvalue weighted by molar-refractivity contribution is 7.76. The first-order valence-electron chi connectivity index (χ1n) is 9.28. The van der Waals surface area contributed by atoms with Crippen LogP contribution in [0.5, 0.6) is 0 Å². The van der Waals surface area contributed by atoms with E-state index in [-0.39, 0.29) is 0 Å². The maximum Gasteiger partial charge on any atom is 0.0952 e. The second kappa shape index (κ2) is 7.63. The monoisotopic (exact) mass is 325 g/mol. The van der Waals surface area contributed by atoms with E-state index in [1.165, 1.54) is 38.0 Å². The van der Waals surface area contributed by atoms with Gasteiger partial charge in [0, 0.05) is 7.26 Å². The first-order valence-corrected chi connectivity index (χ1v) is 11.6. The minimum absolute atomic E-state index is 0.824. The molecule has 0 spiro atoms. The lowest BCUT2D eigenvalue weighted by Gasteiger charge is -2.34. The molecule has 0 amide bonds. The van der Waals surface area contributed by atoms with Crippen molar-refractivity contribution < 1.29 is 0 Å². The molecule has 23 heavy (non-hydrogen) atoms. The molecular formula is C22H30P+. The third kappa shape index (κ3) is 3.24. The lowest BCUT2D eigenvalue weighted by molar-refractivity contribution is 0.765. The Morgan fingerprint density at radius 3 is 1.65 bits per heavy atom. The van der Waals surface area contributed by atoms with E-state index in [1.807, 2.05) is 0 Å². The SMILES string of the molecule is CCCC[P+]1(CC)[C@H](c2ccccc2)CC[C@H]1c1ccccc1. The lowest BCUT2D eigenvalue weighted by Crippen LogP contribution is -2.12. The molecule has 0 saturated carbocycles. The van der Waals surface area contributed by atoms with Crippen molar-refractivity contribution in [1.29, 1.82) is 0 Å². The summed E-state index contributed by atoms with van der Waals surface area (Å²) in [6, 6.07) is 22.8. The van der Waals surface area contributed by atoms with Gasteiger partial charge in [-0.2, -0.15) is 0 Å². The van der Waals surface area contributed by atoms with E-state index >= 15 is 0 Å². The summed E-state index contributed by atoms with van der Waals surface area (Å²) in [4.78, 5) is 0. The molecular weight excluding hydrogens is 295 g/mol. The van der Waals surface area contributed by atoms with Crippen LogP contribution in [-0.2, 0) is 0 Å². The maximum atomic E-state index is 2.47. The Bertz CT molecular complexity index is 542. The fraction of sp³-hybridized carbons (Fsp3) is 0.455. The van der Waals surface area contributed by atoms with Crippen LogP contribution >= 0.6 is 7.26 Å². The summed E-state index contributed by atoms with van der Waals surface area (Å²) in [6.45, 7) is 4.82. The third-order valence-electron chi connectivity index (χ3n) is 5.84. The first kappa shape index (κ1) is 16.7. The Morgan fingerprint density at radius 1 is 0.783 bits per heavy atom. The summed E-state index contributed by atoms with van der Waals surface area (Å²) in [5.41, 5.74) is 4.87. The molecule has 0 aromatic heterocycles. The van der Waals surface area contributed by atoms with E-state index in [9.17, 15) is 0 Å².